The quantitative estimate of drug-likeness (QED) is 0.730. The first kappa shape index (κ1) is 18.5. The molecule has 1 saturated heterocycles. The van der Waals surface area contributed by atoms with Crippen LogP contribution in [-0.4, -0.2) is 34.9 Å². The fourth-order valence-electron chi connectivity index (χ4n) is 3.63. The minimum absolute atomic E-state index is 0.0279. The molecule has 9 heteroatoms. The number of carbonyl (C=O) groups excluding carboxylic acids is 2. The number of piperidine rings is 1. The summed E-state index contributed by atoms with van der Waals surface area (Å²) in [5.74, 6) is -0.424. The van der Waals surface area contributed by atoms with Gasteiger partial charge in [-0.2, -0.15) is 9.97 Å². The zero-order chi connectivity index (χ0) is 19.7. The van der Waals surface area contributed by atoms with E-state index in [1.807, 2.05) is 0 Å². The van der Waals surface area contributed by atoms with Crippen LogP contribution in [0, 0.1) is 0 Å². The van der Waals surface area contributed by atoms with Crippen LogP contribution in [0.2, 0.25) is 5.02 Å². The van der Waals surface area contributed by atoms with Crippen molar-refractivity contribution in [3.8, 4) is 0 Å². The standard InChI is InChI=1S/C19H21ClN6O2/c20-12-6-2-3-7-13(12)22-18(28)11-10-14(27)23-17-15(11)16(21)24-19(25-17)26-8-4-1-5-9-26/h2-3,6-7,11H,1,4-5,8-10H2,(H,22,28)(H3,21,23,24,25,27). The van der Waals surface area contributed by atoms with Gasteiger partial charge in [0.2, 0.25) is 17.8 Å². The fourth-order valence-corrected chi connectivity index (χ4v) is 3.81. The van der Waals surface area contributed by atoms with E-state index >= 15 is 0 Å². The SMILES string of the molecule is Nc1nc(N2CCCCC2)nc2c1C(C(=O)Nc1ccccc1Cl)CC(=O)N2. The Kier molecular flexibility index (Phi) is 5.04. The van der Waals surface area contributed by atoms with E-state index in [4.69, 9.17) is 17.3 Å². The van der Waals surface area contributed by atoms with Crippen molar-refractivity contribution in [2.75, 3.05) is 34.4 Å². The molecule has 0 bridgehead atoms. The summed E-state index contributed by atoms with van der Waals surface area (Å²) < 4.78 is 0. The van der Waals surface area contributed by atoms with Gasteiger partial charge in [0.05, 0.1) is 22.2 Å². The highest BCUT2D eigenvalue weighted by atomic mass is 35.5. The Labute approximate surface area is 167 Å². The van der Waals surface area contributed by atoms with Crippen LogP contribution in [0.3, 0.4) is 0 Å². The lowest BCUT2D eigenvalue weighted by Crippen LogP contribution is -2.35. The summed E-state index contributed by atoms with van der Waals surface area (Å²) in [5, 5.41) is 5.93. The molecular weight excluding hydrogens is 380 g/mol. The Hall–Kier alpha value is -2.87. The Bertz CT molecular complexity index is 929. The number of nitrogens with two attached hydrogens (primary N) is 1. The lowest BCUT2D eigenvalue weighted by atomic mass is 9.92. The number of hydrogen-bond donors (Lipinski definition) is 3. The van der Waals surface area contributed by atoms with E-state index in [1.54, 1.807) is 24.3 Å². The van der Waals surface area contributed by atoms with E-state index in [1.165, 1.54) is 6.42 Å². The summed E-state index contributed by atoms with van der Waals surface area (Å²) in [6, 6.07) is 6.92. The van der Waals surface area contributed by atoms with Crippen LogP contribution in [0.15, 0.2) is 24.3 Å². The Morgan fingerprint density at radius 3 is 2.71 bits per heavy atom. The molecule has 0 spiro atoms. The number of carbonyl (C=O) groups is 2. The van der Waals surface area contributed by atoms with Crippen LogP contribution < -0.4 is 21.3 Å². The third-order valence-electron chi connectivity index (χ3n) is 5.05. The van der Waals surface area contributed by atoms with E-state index in [0.717, 1.165) is 25.9 Å². The molecule has 2 aliphatic heterocycles. The Morgan fingerprint density at radius 1 is 1.21 bits per heavy atom. The summed E-state index contributed by atoms with van der Waals surface area (Å²) >= 11 is 6.13. The third-order valence-corrected chi connectivity index (χ3v) is 5.38. The second-order valence-electron chi connectivity index (χ2n) is 6.99. The van der Waals surface area contributed by atoms with Crippen LogP contribution >= 0.6 is 11.6 Å². The molecule has 2 amide bonds. The molecular formula is C19H21ClN6O2. The predicted octanol–water partition coefficient (Wildman–Crippen LogP) is 2.77. The minimum atomic E-state index is -0.782. The largest absolute Gasteiger partial charge is 0.383 e. The van der Waals surface area contributed by atoms with Crippen LogP contribution in [-0.2, 0) is 9.59 Å². The number of amides is 2. The molecule has 4 N–H and O–H groups in total. The minimum Gasteiger partial charge on any atom is -0.383 e. The van der Waals surface area contributed by atoms with Crippen LogP contribution in [0.5, 0.6) is 0 Å². The maximum absolute atomic E-state index is 12.9. The van der Waals surface area contributed by atoms with Crippen molar-refractivity contribution < 1.29 is 9.59 Å². The predicted molar refractivity (Wildman–Crippen MR) is 109 cm³/mol. The van der Waals surface area contributed by atoms with Gasteiger partial charge in [-0.05, 0) is 31.4 Å². The van der Waals surface area contributed by atoms with Gasteiger partial charge in [0.25, 0.3) is 0 Å². The molecule has 1 unspecified atom stereocenters. The Morgan fingerprint density at radius 2 is 1.96 bits per heavy atom. The third kappa shape index (κ3) is 3.60. The van der Waals surface area contributed by atoms with Crippen molar-refractivity contribution >= 4 is 46.7 Å². The van der Waals surface area contributed by atoms with Gasteiger partial charge in [-0.1, -0.05) is 23.7 Å². The summed E-state index contributed by atoms with van der Waals surface area (Å²) in [7, 11) is 0. The van der Waals surface area contributed by atoms with E-state index in [2.05, 4.69) is 25.5 Å². The van der Waals surface area contributed by atoms with Crippen molar-refractivity contribution in [1.29, 1.82) is 0 Å². The Balaban J connectivity index is 1.65. The van der Waals surface area contributed by atoms with Crippen LogP contribution in [0.1, 0.15) is 37.2 Å². The number of nitrogen functional groups attached to an aromatic ring is 1. The zero-order valence-corrected chi connectivity index (χ0v) is 16.0. The smallest absolute Gasteiger partial charge is 0.232 e. The van der Waals surface area contributed by atoms with E-state index in [9.17, 15) is 9.59 Å². The average Bonchev–Trinajstić information content (AvgIpc) is 2.69. The number of nitrogens with zero attached hydrogens (tertiary/aromatic N) is 3. The normalized spacial score (nSPS) is 19.0. The number of anilines is 4. The van der Waals surface area contributed by atoms with Gasteiger partial charge in [0.1, 0.15) is 11.6 Å². The van der Waals surface area contributed by atoms with Gasteiger partial charge in [-0.25, -0.2) is 0 Å². The second-order valence-corrected chi connectivity index (χ2v) is 7.40. The molecule has 4 rings (SSSR count). The number of aromatic nitrogens is 2. The summed E-state index contributed by atoms with van der Waals surface area (Å²) in [5.41, 5.74) is 7.14. The van der Waals surface area contributed by atoms with E-state index < -0.39 is 5.92 Å². The molecule has 28 heavy (non-hydrogen) atoms. The maximum Gasteiger partial charge on any atom is 0.232 e. The van der Waals surface area contributed by atoms with Gasteiger partial charge >= 0.3 is 0 Å². The van der Waals surface area contributed by atoms with Gasteiger partial charge < -0.3 is 21.3 Å². The average molecular weight is 401 g/mol. The number of halogens is 1. The van der Waals surface area contributed by atoms with Gasteiger partial charge in [0, 0.05) is 19.5 Å². The van der Waals surface area contributed by atoms with E-state index in [0.29, 0.717) is 28.0 Å². The van der Waals surface area contributed by atoms with Crippen molar-refractivity contribution in [3.63, 3.8) is 0 Å². The fraction of sp³-hybridized carbons (Fsp3) is 0.368. The van der Waals surface area contributed by atoms with E-state index in [-0.39, 0.29) is 24.1 Å². The monoisotopic (exact) mass is 400 g/mol. The molecule has 1 atom stereocenters. The molecule has 0 saturated carbocycles. The van der Waals surface area contributed by atoms with Crippen molar-refractivity contribution in [2.24, 2.45) is 0 Å². The van der Waals surface area contributed by atoms with Gasteiger partial charge in [0.15, 0.2) is 0 Å². The first-order valence-corrected chi connectivity index (χ1v) is 9.68. The highest BCUT2D eigenvalue weighted by Gasteiger charge is 2.35. The molecule has 1 aromatic carbocycles. The van der Waals surface area contributed by atoms with Gasteiger partial charge in [-0.15, -0.1) is 0 Å². The number of fused-ring (bicyclic) bond motifs is 1. The summed E-state index contributed by atoms with van der Waals surface area (Å²) in [6.45, 7) is 1.70. The molecule has 8 nitrogen and oxygen atoms in total. The molecule has 0 radical (unpaired) electrons. The summed E-state index contributed by atoms with van der Waals surface area (Å²) in [6.07, 6.45) is 3.28. The lowest BCUT2D eigenvalue weighted by molar-refractivity contribution is -0.123. The molecule has 146 valence electrons. The number of benzene rings is 1. The maximum atomic E-state index is 12.9. The number of hydrogen-bond acceptors (Lipinski definition) is 6. The highest BCUT2D eigenvalue weighted by Crippen LogP contribution is 2.37. The topological polar surface area (TPSA) is 113 Å². The lowest BCUT2D eigenvalue weighted by Gasteiger charge is -2.30. The van der Waals surface area contributed by atoms with Gasteiger partial charge in [-0.3, -0.25) is 9.59 Å². The molecule has 3 heterocycles. The second kappa shape index (κ2) is 7.63. The zero-order valence-electron chi connectivity index (χ0n) is 15.2. The molecule has 2 aromatic rings. The molecule has 0 aliphatic carbocycles. The summed E-state index contributed by atoms with van der Waals surface area (Å²) in [4.78, 5) is 36.1. The number of nitrogens with one attached hydrogen (secondary N) is 2. The van der Waals surface area contributed by atoms with Crippen LogP contribution in [0.25, 0.3) is 0 Å². The molecule has 2 aliphatic rings. The highest BCUT2D eigenvalue weighted by molar-refractivity contribution is 6.33. The number of rotatable bonds is 3. The number of para-hydroxylation sites is 1. The molecule has 1 aromatic heterocycles. The first-order valence-electron chi connectivity index (χ1n) is 9.30. The van der Waals surface area contributed by atoms with Crippen molar-refractivity contribution in [3.05, 3.63) is 34.9 Å². The first-order chi connectivity index (χ1) is 13.5. The van der Waals surface area contributed by atoms with Crippen molar-refractivity contribution in [1.82, 2.24) is 9.97 Å². The van der Waals surface area contributed by atoms with Crippen LogP contribution in [0.4, 0.5) is 23.3 Å². The van der Waals surface area contributed by atoms with Crippen molar-refractivity contribution in [2.45, 2.75) is 31.6 Å². The molecule has 1 fully saturated rings.